The van der Waals surface area contributed by atoms with Gasteiger partial charge in [-0.15, -0.1) is 0 Å². The molecule has 2 N–H and O–H groups in total. The fourth-order valence-corrected chi connectivity index (χ4v) is 3.10. The van der Waals surface area contributed by atoms with Crippen molar-refractivity contribution in [3.8, 4) is 0 Å². The van der Waals surface area contributed by atoms with Gasteiger partial charge in [0.1, 0.15) is 0 Å². The highest BCUT2D eigenvalue weighted by molar-refractivity contribution is 9.10. The van der Waals surface area contributed by atoms with Crippen LogP contribution in [0.15, 0.2) is 27.5 Å². The van der Waals surface area contributed by atoms with Crippen LogP contribution in [0.25, 0.3) is 11.0 Å². The van der Waals surface area contributed by atoms with Gasteiger partial charge in [0, 0.05) is 11.0 Å². The molecule has 1 aromatic heterocycles. The van der Waals surface area contributed by atoms with Gasteiger partial charge in [0.2, 0.25) is 0 Å². The number of piperidine rings is 1. The molecule has 1 fully saturated rings. The van der Waals surface area contributed by atoms with Gasteiger partial charge in [-0.25, -0.2) is 4.79 Å². The van der Waals surface area contributed by atoms with E-state index in [1.807, 2.05) is 22.8 Å². The maximum Gasteiger partial charge on any atom is 0.326 e. The highest BCUT2D eigenvalue weighted by atomic mass is 79.9. The van der Waals surface area contributed by atoms with Gasteiger partial charge < -0.3 is 10.3 Å². The van der Waals surface area contributed by atoms with Crippen LogP contribution < -0.4 is 11.0 Å². The summed E-state index contributed by atoms with van der Waals surface area (Å²) in [7, 11) is 0. The van der Waals surface area contributed by atoms with Gasteiger partial charge in [-0.05, 0) is 47.4 Å². The Labute approximate surface area is 107 Å². The maximum atomic E-state index is 12.0. The predicted octanol–water partition coefficient (Wildman–Crippen LogP) is 2.02. The second-order valence-electron chi connectivity index (χ2n) is 4.44. The zero-order chi connectivity index (χ0) is 11.8. The predicted molar refractivity (Wildman–Crippen MR) is 71.4 cm³/mol. The Morgan fingerprint density at radius 1 is 1.41 bits per heavy atom. The van der Waals surface area contributed by atoms with Gasteiger partial charge in [0.25, 0.3) is 0 Å². The Balaban J connectivity index is 2.20. The zero-order valence-corrected chi connectivity index (χ0v) is 11.0. The third kappa shape index (κ3) is 1.83. The summed E-state index contributed by atoms with van der Waals surface area (Å²) in [5, 5.41) is 3.35. The van der Waals surface area contributed by atoms with Crippen LogP contribution in [-0.4, -0.2) is 22.6 Å². The van der Waals surface area contributed by atoms with E-state index in [2.05, 4.69) is 26.2 Å². The molecule has 0 radical (unpaired) electrons. The van der Waals surface area contributed by atoms with E-state index in [1.54, 1.807) is 0 Å². The fraction of sp³-hybridized carbons (Fsp3) is 0.417. The summed E-state index contributed by atoms with van der Waals surface area (Å²) in [6.07, 6.45) is 2.18. The Bertz CT molecular complexity index is 595. The normalized spacial score (nSPS) is 20.9. The Hall–Kier alpha value is -1.07. The average molecular weight is 296 g/mol. The molecule has 4 nitrogen and oxygen atoms in total. The van der Waals surface area contributed by atoms with E-state index in [4.69, 9.17) is 0 Å². The standard InChI is InChI=1S/C12H14BrN3O/c13-9-4-1-5-10-11(9)16(12(17)15-10)8-3-2-6-14-7-8/h1,4-5,8,14H,2-3,6-7H2,(H,15,17). The maximum absolute atomic E-state index is 12.0. The second kappa shape index (κ2) is 4.31. The number of hydrogen-bond donors (Lipinski definition) is 2. The van der Waals surface area contributed by atoms with Crippen molar-refractivity contribution >= 4 is 27.0 Å². The summed E-state index contributed by atoms with van der Waals surface area (Å²) >= 11 is 3.53. The van der Waals surface area contributed by atoms with Crippen LogP contribution in [0.4, 0.5) is 0 Å². The lowest BCUT2D eigenvalue weighted by Gasteiger charge is -2.24. The average Bonchev–Trinajstić information content (AvgIpc) is 2.68. The molecule has 1 aliphatic heterocycles. The molecule has 17 heavy (non-hydrogen) atoms. The minimum absolute atomic E-state index is 0.0133. The van der Waals surface area contributed by atoms with Crippen molar-refractivity contribution in [2.24, 2.45) is 0 Å². The molecule has 0 amide bonds. The molecule has 2 heterocycles. The van der Waals surface area contributed by atoms with E-state index in [-0.39, 0.29) is 11.7 Å². The first kappa shape index (κ1) is 11.0. The topological polar surface area (TPSA) is 49.8 Å². The van der Waals surface area contributed by atoms with Crippen LogP contribution in [0.1, 0.15) is 18.9 Å². The number of nitrogens with one attached hydrogen (secondary N) is 2. The molecule has 0 spiro atoms. The summed E-state index contributed by atoms with van der Waals surface area (Å²) in [5.74, 6) is 0. The van der Waals surface area contributed by atoms with Crippen molar-refractivity contribution < 1.29 is 0 Å². The number of hydrogen-bond acceptors (Lipinski definition) is 2. The number of para-hydroxylation sites is 1. The van der Waals surface area contributed by atoms with E-state index in [0.29, 0.717) is 0 Å². The minimum atomic E-state index is -0.0133. The molecular weight excluding hydrogens is 282 g/mol. The van der Waals surface area contributed by atoms with Crippen molar-refractivity contribution in [3.63, 3.8) is 0 Å². The van der Waals surface area contributed by atoms with Crippen LogP contribution in [0.5, 0.6) is 0 Å². The first-order chi connectivity index (χ1) is 8.27. The first-order valence-corrected chi connectivity index (χ1v) is 6.66. The third-order valence-corrected chi connectivity index (χ3v) is 3.96. The molecule has 0 saturated carbocycles. The van der Waals surface area contributed by atoms with E-state index in [1.165, 1.54) is 0 Å². The molecule has 3 rings (SSSR count). The van der Waals surface area contributed by atoms with E-state index in [9.17, 15) is 4.79 Å². The molecule has 0 aliphatic carbocycles. The van der Waals surface area contributed by atoms with E-state index < -0.39 is 0 Å². The molecule has 1 unspecified atom stereocenters. The van der Waals surface area contributed by atoms with Crippen molar-refractivity contribution in [2.75, 3.05) is 13.1 Å². The van der Waals surface area contributed by atoms with Crippen LogP contribution >= 0.6 is 15.9 Å². The number of nitrogens with zero attached hydrogens (tertiary/aromatic N) is 1. The van der Waals surface area contributed by atoms with Gasteiger partial charge in [-0.2, -0.15) is 0 Å². The third-order valence-electron chi connectivity index (χ3n) is 3.32. The number of fused-ring (bicyclic) bond motifs is 1. The van der Waals surface area contributed by atoms with Gasteiger partial charge in [-0.3, -0.25) is 4.57 Å². The smallest absolute Gasteiger partial charge is 0.315 e. The molecule has 2 aromatic rings. The molecular formula is C12H14BrN3O. The van der Waals surface area contributed by atoms with Crippen molar-refractivity contribution in [1.29, 1.82) is 0 Å². The Kier molecular flexibility index (Phi) is 2.80. The van der Waals surface area contributed by atoms with Crippen molar-refractivity contribution in [1.82, 2.24) is 14.9 Å². The number of aromatic amines is 1. The molecule has 5 heteroatoms. The molecule has 1 aliphatic rings. The van der Waals surface area contributed by atoms with Gasteiger partial charge in [0.05, 0.1) is 17.1 Å². The summed E-state index contributed by atoms with van der Waals surface area (Å²) in [6.45, 7) is 1.92. The number of benzene rings is 1. The monoisotopic (exact) mass is 295 g/mol. The van der Waals surface area contributed by atoms with Crippen LogP contribution in [-0.2, 0) is 0 Å². The Morgan fingerprint density at radius 3 is 3.06 bits per heavy atom. The quantitative estimate of drug-likeness (QED) is 0.846. The summed E-state index contributed by atoms with van der Waals surface area (Å²) in [5.41, 5.74) is 1.86. The van der Waals surface area contributed by atoms with Gasteiger partial charge in [0.15, 0.2) is 0 Å². The van der Waals surface area contributed by atoms with Crippen LogP contribution in [0, 0.1) is 0 Å². The number of halogens is 1. The highest BCUT2D eigenvalue weighted by Gasteiger charge is 2.20. The van der Waals surface area contributed by atoms with Crippen molar-refractivity contribution in [2.45, 2.75) is 18.9 Å². The highest BCUT2D eigenvalue weighted by Crippen LogP contribution is 2.26. The van der Waals surface area contributed by atoms with Crippen LogP contribution in [0.2, 0.25) is 0 Å². The lowest BCUT2D eigenvalue weighted by molar-refractivity contribution is 0.371. The number of imidazole rings is 1. The lowest BCUT2D eigenvalue weighted by atomic mass is 10.1. The lowest BCUT2D eigenvalue weighted by Crippen LogP contribution is -2.35. The van der Waals surface area contributed by atoms with Crippen molar-refractivity contribution in [3.05, 3.63) is 33.2 Å². The molecule has 0 bridgehead atoms. The molecule has 1 saturated heterocycles. The molecule has 1 atom stereocenters. The number of H-pyrrole nitrogens is 1. The fourth-order valence-electron chi connectivity index (χ4n) is 2.54. The molecule has 1 aromatic carbocycles. The summed E-state index contributed by atoms with van der Waals surface area (Å²) < 4.78 is 2.85. The largest absolute Gasteiger partial charge is 0.326 e. The van der Waals surface area contributed by atoms with Gasteiger partial charge in [-0.1, -0.05) is 6.07 Å². The zero-order valence-electron chi connectivity index (χ0n) is 9.37. The second-order valence-corrected chi connectivity index (χ2v) is 5.29. The first-order valence-electron chi connectivity index (χ1n) is 5.87. The number of aromatic nitrogens is 2. The molecule has 90 valence electrons. The summed E-state index contributed by atoms with van der Waals surface area (Å²) in [4.78, 5) is 15.0. The SMILES string of the molecule is O=c1[nH]c2cccc(Br)c2n1C1CCCNC1. The minimum Gasteiger partial charge on any atom is -0.315 e. The van der Waals surface area contributed by atoms with Gasteiger partial charge >= 0.3 is 5.69 Å². The van der Waals surface area contributed by atoms with Crippen LogP contribution in [0.3, 0.4) is 0 Å². The van der Waals surface area contributed by atoms with E-state index in [0.717, 1.165) is 41.4 Å². The Morgan fingerprint density at radius 2 is 2.29 bits per heavy atom. The van der Waals surface area contributed by atoms with E-state index >= 15 is 0 Å². The number of rotatable bonds is 1. The summed E-state index contributed by atoms with van der Waals surface area (Å²) in [6, 6.07) is 6.10.